The highest BCUT2D eigenvalue weighted by molar-refractivity contribution is 9.10. The first kappa shape index (κ1) is 10.1. The molecule has 0 N–H and O–H groups in total. The maximum Gasteiger partial charge on any atom is 0.122 e. The number of aryl methyl sites for hydroxylation is 1. The van der Waals surface area contributed by atoms with Crippen LogP contribution in [0.5, 0.6) is 0 Å². The SMILES string of the molecule is CC1=NCN(c2ccc(Br)c(C)c2)S1. The lowest BCUT2D eigenvalue weighted by atomic mass is 10.2. The molecule has 0 amide bonds. The fraction of sp³-hybridized carbons (Fsp3) is 0.300. The highest BCUT2D eigenvalue weighted by atomic mass is 79.9. The number of aliphatic imine (C=N–C) groups is 1. The largest absolute Gasteiger partial charge is 0.290 e. The van der Waals surface area contributed by atoms with Crippen molar-refractivity contribution < 1.29 is 0 Å². The Morgan fingerprint density at radius 3 is 2.79 bits per heavy atom. The molecule has 2 rings (SSSR count). The lowest BCUT2D eigenvalue weighted by Crippen LogP contribution is -2.09. The van der Waals surface area contributed by atoms with Gasteiger partial charge in [0.25, 0.3) is 0 Å². The average Bonchev–Trinajstić information content (AvgIpc) is 2.57. The second kappa shape index (κ2) is 3.95. The Morgan fingerprint density at radius 1 is 1.43 bits per heavy atom. The van der Waals surface area contributed by atoms with Gasteiger partial charge in [0.2, 0.25) is 0 Å². The Bertz CT molecular complexity index is 390. The predicted octanol–water partition coefficient (Wildman–Crippen LogP) is 3.60. The van der Waals surface area contributed by atoms with Crippen molar-refractivity contribution in [3.05, 3.63) is 28.2 Å². The van der Waals surface area contributed by atoms with Gasteiger partial charge in [-0.15, -0.1) is 0 Å². The molecule has 0 fully saturated rings. The fourth-order valence-electron chi connectivity index (χ4n) is 1.30. The van der Waals surface area contributed by atoms with Gasteiger partial charge in [-0.3, -0.25) is 9.30 Å². The second-order valence-corrected chi connectivity index (χ2v) is 5.29. The van der Waals surface area contributed by atoms with E-state index >= 15 is 0 Å². The Hall–Kier alpha value is -0.480. The van der Waals surface area contributed by atoms with Crippen molar-refractivity contribution in [1.29, 1.82) is 0 Å². The third-order valence-electron chi connectivity index (χ3n) is 2.09. The van der Waals surface area contributed by atoms with Gasteiger partial charge in [0.05, 0.1) is 5.04 Å². The van der Waals surface area contributed by atoms with Crippen molar-refractivity contribution in [3.63, 3.8) is 0 Å². The van der Waals surface area contributed by atoms with Gasteiger partial charge in [-0.1, -0.05) is 15.9 Å². The van der Waals surface area contributed by atoms with Gasteiger partial charge in [-0.05, 0) is 37.6 Å². The van der Waals surface area contributed by atoms with Gasteiger partial charge in [-0.2, -0.15) is 0 Å². The quantitative estimate of drug-likeness (QED) is 0.725. The molecule has 1 aliphatic heterocycles. The summed E-state index contributed by atoms with van der Waals surface area (Å²) >= 11 is 5.20. The van der Waals surface area contributed by atoms with Crippen molar-refractivity contribution in [2.24, 2.45) is 4.99 Å². The molecule has 0 saturated heterocycles. The summed E-state index contributed by atoms with van der Waals surface area (Å²) in [6, 6.07) is 6.36. The summed E-state index contributed by atoms with van der Waals surface area (Å²) in [5, 5.41) is 1.13. The molecule has 1 heterocycles. The summed E-state index contributed by atoms with van der Waals surface area (Å²) in [6.45, 7) is 4.90. The molecule has 1 aromatic rings. The van der Waals surface area contributed by atoms with E-state index in [4.69, 9.17) is 0 Å². The van der Waals surface area contributed by atoms with Crippen LogP contribution in [-0.2, 0) is 0 Å². The van der Waals surface area contributed by atoms with Crippen LogP contribution in [-0.4, -0.2) is 11.7 Å². The van der Waals surface area contributed by atoms with Crippen LogP contribution in [0.3, 0.4) is 0 Å². The van der Waals surface area contributed by atoms with Crippen LogP contribution in [0.4, 0.5) is 5.69 Å². The molecule has 4 heteroatoms. The molecule has 0 unspecified atom stereocenters. The average molecular weight is 271 g/mol. The van der Waals surface area contributed by atoms with E-state index in [1.165, 1.54) is 11.3 Å². The van der Waals surface area contributed by atoms with Crippen molar-refractivity contribution in [2.75, 3.05) is 11.0 Å². The monoisotopic (exact) mass is 270 g/mol. The van der Waals surface area contributed by atoms with Gasteiger partial charge in [-0.25, -0.2) is 0 Å². The molecule has 2 nitrogen and oxygen atoms in total. The van der Waals surface area contributed by atoms with E-state index in [9.17, 15) is 0 Å². The normalized spacial score (nSPS) is 15.9. The Labute approximate surface area is 96.7 Å². The second-order valence-electron chi connectivity index (χ2n) is 3.22. The molecule has 0 aromatic heterocycles. The van der Waals surface area contributed by atoms with E-state index in [0.29, 0.717) is 0 Å². The zero-order chi connectivity index (χ0) is 10.1. The molecule has 0 saturated carbocycles. The summed E-state index contributed by atoms with van der Waals surface area (Å²) < 4.78 is 3.34. The van der Waals surface area contributed by atoms with Gasteiger partial charge >= 0.3 is 0 Å². The van der Waals surface area contributed by atoms with Crippen LogP contribution in [0.1, 0.15) is 12.5 Å². The van der Waals surface area contributed by atoms with Crippen LogP contribution in [0.15, 0.2) is 27.7 Å². The number of benzene rings is 1. The Kier molecular flexibility index (Phi) is 2.83. The molecule has 14 heavy (non-hydrogen) atoms. The summed E-state index contributed by atoms with van der Waals surface area (Å²) in [7, 11) is 0. The van der Waals surface area contributed by atoms with Gasteiger partial charge < -0.3 is 0 Å². The Morgan fingerprint density at radius 2 is 2.21 bits per heavy atom. The lowest BCUT2D eigenvalue weighted by Gasteiger charge is -2.15. The molecule has 0 atom stereocenters. The number of nitrogens with zero attached hydrogens (tertiary/aromatic N) is 2. The minimum Gasteiger partial charge on any atom is -0.290 e. The summed E-state index contributed by atoms with van der Waals surface area (Å²) in [4.78, 5) is 4.34. The zero-order valence-electron chi connectivity index (χ0n) is 8.12. The first-order valence-electron chi connectivity index (χ1n) is 4.39. The molecule has 0 bridgehead atoms. The van der Waals surface area contributed by atoms with E-state index in [1.807, 2.05) is 6.92 Å². The zero-order valence-corrected chi connectivity index (χ0v) is 10.5. The fourth-order valence-corrected chi connectivity index (χ4v) is 2.31. The number of hydrogen-bond acceptors (Lipinski definition) is 3. The molecule has 0 radical (unpaired) electrons. The van der Waals surface area contributed by atoms with Crippen LogP contribution in [0.25, 0.3) is 0 Å². The third-order valence-corrected chi connectivity index (χ3v) is 3.92. The van der Waals surface area contributed by atoms with E-state index in [0.717, 1.165) is 16.2 Å². The maximum atomic E-state index is 4.34. The maximum absolute atomic E-state index is 4.34. The number of anilines is 1. The van der Waals surface area contributed by atoms with Gasteiger partial charge in [0.15, 0.2) is 0 Å². The van der Waals surface area contributed by atoms with Crippen LogP contribution in [0.2, 0.25) is 0 Å². The minimum absolute atomic E-state index is 0.761. The van der Waals surface area contributed by atoms with E-state index < -0.39 is 0 Å². The number of rotatable bonds is 1. The molecular formula is C10H11BrN2S. The highest BCUT2D eigenvalue weighted by Crippen LogP contribution is 2.30. The van der Waals surface area contributed by atoms with Crippen molar-refractivity contribution in [1.82, 2.24) is 0 Å². The van der Waals surface area contributed by atoms with Gasteiger partial charge in [0.1, 0.15) is 6.67 Å². The highest BCUT2D eigenvalue weighted by Gasteiger charge is 2.14. The minimum atomic E-state index is 0.761. The summed E-state index contributed by atoms with van der Waals surface area (Å²) in [5.74, 6) is 0. The molecule has 1 aliphatic rings. The smallest absolute Gasteiger partial charge is 0.122 e. The molecular weight excluding hydrogens is 260 g/mol. The van der Waals surface area contributed by atoms with Crippen molar-refractivity contribution in [2.45, 2.75) is 13.8 Å². The van der Waals surface area contributed by atoms with Crippen LogP contribution < -0.4 is 4.31 Å². The van der Waals surface area contributed by atoms with Crippen molar-refractivity contribution >= 4 is 38.6 Å². The third kappa shape index (κ3) is 1.96. The molecule has 0 aliphatic carbocycles. The van der Waals surface area contributed by atoms with Crippen LogP contribution >= 0.6 is 27.9 Å². The standard InChI is InChI=1S/C10H11BrN2S/c1-7-5-9(3-4-10(7)11)13-6-12-8(2)14-13/h3-5H,6H2,1-2H3. The molecule has 74 valence electrons. The van der Waals surface area contributed by atoms with E-state index in [1.54, 1.807) is 11.9 Å². The van der Waals surface area contributed by atoms with Crippen molar-refractivity contribution in [3.8, 4) is 0 Å². The van der Waals surface area contributed by atoms with Crippen LogP contribution in [0, 0.1) is 6.92 Å². The first-order chi connectivity index (χ1) is 6.66. The molecule has 1 aromatic carbocycles. The number of hydrogen-bond donors (Lipinski definition) is 0. The number of halogens is 1. The molecule has 0 spiro atoms. The lowest BCUT2D eigenvalue weighted by molar-refractivity contribution is 1.08. The Balaban J connectivity index is 2.22. The topological polar surface area (TPSA) is 15.6 Å². The summed E-state index contributed by atoms with van der Waals surface area (Å²) in [6.07, 6.45) is 0. The van der Waals surface area contributed by atoms with E-state index in [2.05, 4.69) is 50.4 Å². The predicted molar refractivity (Wildman–Crippen MR) is 66.9 cm³/mol. The summed E-state index contributed by atoms with van der Waals surface area (Å²) in [5.41, 5.74) is 2.48. The van der Waals surface area contributed by atoms with E-state index in [-0.39, 0.29) is 0 Å². The van der Waals surface area contributed by atoms with Gasteiger partial charge in [0, 0.05) is 22.1 Å². The first-order valence-corrected chi connectivity index (χ1v) is 5.96.